The molecule has 0 aliphatic heterocycles. The van der Waals surface area contributed by atoms with Gasteiger partial charge in [-0.15, -0.1) is 0 Å². The van der Waals surface area contributed by atoms with Gasteiger partial charge in [-0.1, -0.05) is 6.07 Å². The number of benzene rings is 3. The molecule has 32 heavy (non-hydrogen) atoms. The van der Waals surface area contributed by atoms with Gasteiger partial charge in [0.25, 0.3) is 11.6 Å². The number of hydrazone groups is 1. The average Bonchev–Trinajstić information content (AvgIpc) is 2.78. The summed E-state index contributed by atoms with van der Waals surface area (Å²) in [7, 11) is 0. The highest BCUT2D eigenvalue weighted by Gasteiger charge is 2.30. The maximum Gasteiger partial charge on any atom is 0.416 e. The molecule has 3 aromatic carbocycles. The van der Waals surface area contributed by atoms with Gasteiger partial charge in [-0.25, -0.2) is 5.43 Å². The van der Waals surface area contributed by atoms with Gasteiger partial charge in [0.2, 0.25) is 0 Å². The van der Waals surface area contributed by atoms with Gasteiger partial charge >= 0.3 is 6.18 Å². The molecule has 164 valence electrons. The van der Waals surface area contributed by atoms with Crippen molar-refractivity contribution in [2.75, 3.05) is 0 Å². The number of non-ortho nitro benzene ring substituents is 1. The van der Waals surface area contributed by atoms with Crippen molar-refractivity contribution in [1.29, 1.82) is 0 Å². The molecule has 0 aromatic heterocycles. The second kappa shape index (κ2) is 9.73. The Morgan fingerprint density at radius 3 is 2.38 bits per heavy atom. The van der Waals surface area contributed by atoms with Crippen molar-refractivity contribution in [2.24, 2.45) is 5.10 Å². The van der Waals surface area contributed by atoms with E-state index in [-0.39, 0.29) is 17.9 Å². The number of ether oxygens (including phenoxy) is 1. The lowest BCUT2D eigenvalue weighted by Gasteiger charge is -2.07. The fraction of sp³-hybridized carbons (Fsp3) is 0.0909. The number of nitrogens with one attached hydrogen (secondary N) is 1. The van der Waals surface area contributed by atoms with Crippen LogP contribution in [0.25, 0.3) is 0 Å². The molecular weight excluding hydrogens is 427 g/mol. The standard InChI is InChI=1S/C22H16F3N3O4/c23-22(24,25)18-3-1-2-17(12-18)21(29)27-26-13-15-6-10-20(11-7-15)32-14-16-4-8-19(9-5-16)28(30)31/h1-13H,14H2,(H,27,29). The maximum absolute atomic E-state index is 12.7. The van der Waals surface area contributed by atoms with Crippen molar-refractivity contribution < 1.29 is 27.6 Å². The molecule has 0 unspecified atom stereocenters. The molecular formula is C22H16F3N3O4. The van der Waals surface area contributed by atoms with Crippen molar-refractivity contribution in [3.63, 3.8) is 0 Å². The minimum absolute atomic E-state index is 0.00228. The van der Waals surface area contributed by atoms with Gasteiger partial charge in [0.1, 0.15) is 12.4 Å². The first-order valence-corrected chi connectivity index (χ1v) is 9.19. The number of rotatable bonds is 7. The van der Waals surface area contributed by atoms with Gasteiger partial charge in [0.05, 0.1) is 16.7 Å². The van der Waals surface area contributed by atoms with Gasteiger partial charge in [-0.3, -0.25) is 14.9 Å². The van der Waals surface area contributed by atoms with Crippen LogP contribution in [-0.4, -0.2) is 17.0 Å². The third-order valence-electron chi connectivity index (χ3n) is 4.26. The van der Waals surface area contributed by atoms with Crippen molar-refractivity contribution >= 4 is 17.8 Å². The van der Waals surface area contributed by atoms with Gasteiger partial charge in [0.15, 0.2) is 0 Å². The number of nitrogens with zero attached hydrogens (tertiary/aromatic N) is 2. The molecule has 10 heteroatoms. The molecule has 0 spiro atoms. The van der Waals surface area contributed by atoms with Crippen molar-refractivity contribution in [3.05, 3.63) is 105 Å². The molecule has 0 atom stereocenters. The van der Waals surface area contributed by atoms with Crippen molar-refractivity contribution in [3.8, 4) is 5.75 Å². The molecule has 0 fully saturated rings. The summed E-state index contributed by atoms with van der Waals surface area (Å²) in [5, 5.41) is 14.4. The predicted octanol–water partition coefficient (Wildman–Crippen LogP) is 4.96. The topological polar surface area (TPSA) is 93.8 Å². The molecule has 0 saturated heterocycles. The minimum atomic E-state index is -4.54. The summed E-state index contributed by atoms with van der Waals surface area (Å²) in [6.45, 7) is 0.221. The highest BCUT2D eigenvalue weighted by Crippen LogP contribution is 2.29. The zero-order chi connectivity index (χ0) is 23.1. The molecule has 0 aliphatic carbocycles. The molecule has 0 radical (unpaired) electrons. The Morgan fingerprint density at radius 2 is 1.75 bits per heavy atom. The van der Waals surface area contributed by atoms with E-state index < -0.39 is 22.6 Å². The number of amides is 1. The Bertz CT molecular complexity index is 1130. The number of carbonyl (C=O) groups excluding carboxylic acids is 1. The lowest BCUT2D eigenvalue weighted by Crippen LogP contribution is -2.18. The molecule has 0 aliphatic rings. The molecule has 3 rings (SSSR count). The summed E-state index contributed by atoms with van der Waals surface area (Å²) < 4.78 is 43.8. The van der Waals surface area contributed by atoms with E-state index in [2.05, 4.69) is 10.5 Å². The van der Waals surface area contributed by atoms with E-state index in [0.717, 1.165) is 23.8 Å². The molecule has 0 heterocycles. The van der Waals surface area contributed by atoms with E-state index in [1.807, 2.05) is 0 Å². The number of nitro groups is 1. The lowest BCUT2D eigenvalue weighted by atomic mass is 10.1. The second-order valence-corrected chi connectivity index (χ2v) is 6.56. The highest BCUT2D eigenvalue weighted by molar-refractivity contribution is 5.95. The van der Waals surface area contributed by atoms with Crippen LogP contribution in [0.2, 0.25) is 0 Å². The fourth-order valence-electron chi connectivity index (χ4n) is 2.60. The van der Waals surface area contributed by atoms with Crippen LogP contribution in [0.15, 0.2) is 77.9 Å². The number of nitro benzene ring substituents is 1. The van der Waals surface area contributed by atoms with E-state index in [0.29, 0.717) is 11.3 Å². The number of hydrogen-bond donors (Lipinski definition) is 1. The summed E-state index contributed by atoms with van der Waals surface area (Å²) in [5.41, 5.74) is 2.49. The molecule has 7 nitrogen and oxygen atoms in total. The Kier molecular flexibility index (Phi) is 6.83. The third-order valence-corrected chi connectivity index (χ3v) is 4.26. The summed E-state index contributed by atoms with van der Waals surface area (Å²) in [4.78, 5) is 22.2. The predicted molar refractivity (Wildman–Crippen MR) is 110 cm³/mol. The molecule has 1 N–H and O–H groups in total. The van der Waals surface area contributed by atoms with E-state index in [1.165, 1.54) is 24.4 Å². The molecule has 3 aromatic rings. The van der Waals surface area contributed by atoms with Crippen molar-refractivity contribution in [1.82, 2.24) is 5.43 Å². The van der Waals surface area contributed by atoms with Crippen LogP contribution in [0.1, 0.15) is 27.0 Å². The lowest BCUT2D eigenvalue weighted by molar-refractivity contribution is -0.384. The summed E-state index contributed by atoms with van der Waals surface area (Å²) in [6.07, 6.45) is -3.20. The first kappa shape index (κ1) is 22.5. The number of carbonyl (C=O) groups is 1. The first-order chi connectivity index (χ1) is 15.2. The smallest absolute Gasteiger partial charge is 0.416 e. The number of halogens is 3. The number of hydrogen-bond acceptors (Lipinski definition) is 5. The Labute approximate surface area is 180 Å². The number of alkyl halides is 3. The summed E-state index contributed by atoms with van der Waals surface area (Å²) >= 11 is 0. The van der Waals surface area contributed by atoms with Gasteiger partial charge < -0.3 is 4.74 Å². The van der Waals surface area contributed by atoms with Gasteiger partial charge in [-0.2, -0.15) is 18.3 Å². The summed E-state index contributed by atoms with van der Waals surface area (Å²) in [5.74, 6) is -0.219. The maximum atomic E-state index is 12.7. The molecule has 1 amide bonds. The Hall–Kier alpha value is -4.21. The zero-order valence-corrected chi connectivity index (χ0v) is 16.4. The van der Waals surface area contributed by atoms with Crippen LogP contribution < -0.4 is 10.2 Å². The largest absolute Gasteiger partial charge is 0.489 e. The highest BCUT2D eigenvalue weighted by atomic mass is 19.4. The van der Waals surface area contributed by atoms with Crippen LogP contribution in [0, 0.1) is 10.1 Å². The van der Waals surface area contributed by atoms with Crippen LogP contribution in [0.3, 0.4) is 0 Å². The van der Waals surface area contributed by atoms with E-state index >= 15 is 0 Å². The zero-order valence-electron chi connectivity index (χ0n) is 16.4. The average molecular weight is 443 g/mol. The van der Waals surface area contributed by atoms with E-state index in [1.54, 1.807) is 36.4 Å². The quantitative estimate of drug-likeness (QED) is 0.317. The molecule has 0 saturated carbocycles. The first-order valence-electron chi connectivity index (χ1n) is 9.19. The van der Waals surface area contributed by atoms with Gasteiger partial charge in [0, 0.05) is 17.7 Å². The van der Waals surface area contributed by atoms with Gasteiger partial charge in [-0.05, 0) is 65.7 Å². The van der Waals surface area contributed by atoms with Crippen LogP contribution >= 0.6 is 0 Å². The van der Waals surface area contributed by atoms with E-state index in [9.17, 15) is 28.1 Å². The Morgan fingerprint density at radius 1 is 1.06 bits per heavy atom. The van der Waals surface area contributed by atoms with Crippen LogP contribution in [-0.2, 0) is 12.8 Å². The fourth-order valence-corrected chi connectivity index (χ4v) is 2.60. The van der Waals surface area contributed by atoms with Crippen molar-refractivity contribution in [2.45, 2.75) is 12.8 Å². The normalized spacial score (nSPS) is 11.3. The Balaban J connectivity index is 1.53. The van der Waals surface area contributed by atoms with Crippen LogP contribution in [0.5, 0.6) is 5.75 Å². The summed E-state index contributed by atoms with van der Waals surface area (Å²) in [6, 6.07) is 16.7. The SMILES string of the molecule is O=C(NN=Cc1ccc(OCc2ccc([N+](=O)[O-])cc2)cc1)c1cccc(C(F)(F)F)c1. The second-order valence-electron chi connectivity index (χ2n) is 6.56. The minimum Gasteiger partial charge on any atom is -0.489 e. The molecule has 0 bridgehead atoms. The monoisotopic (exact) mass is 443 g/mol. The van der Waals surface area contributed by atoms with E-state index in [4.69, 9.17) is 4.74 Å². The van der Waals surface area contributed by atoms with Crippen LogP contribution in [0.4, 0.5) is 18.9 Å². The third kappa shape index (κ3) is 6.14.